The van der Waals surface area contributed by atoms with E-state index in [1.807, 2.05) is 17.0 Å². The third-order valence-electron chi connectivity index (χ3n) is 6.04. The van der Waals surface area contributed by atoms with E-state index in [4.69, 9.17) is 14.2 Å². The molecule has 1 N–H and O–H groups in total. The molecule has 0 atom stereocenters. The number of hydrogen-bond acceptors (Lipinski definition) is 4. The Labute approximate surface area is 182 Å². The molecule has 0 aromatic heterocycles. The molecule has 1 fully saturated rings. The second-order valence-electron chi connectivity index (χ2n) is 7.72. The number of ether oxygens (including phenoxy) is 3. The lowest BCUT2D eigenvalue weighted by Crippen LogP contribution is -3.13. The number of fused-ring (bicyclic) bond motifs is 1. The SMILES string of the molecule is COc1cccc(OC)c1C(=O)N1CC[NH+](Cc2c(OC)ccc3ccccc23)CC1. The van der Waals surface area contributed by atoms with Gasteiger partial charge in [-0.3, -0.25) is 4.79 Å². The fourth-order valence-electron chi connectivity index (χ4n) is 4.36. The number of benzene rings is 3. The number of rotatable bonds is 6. The van der Waals surface area contributed by atoms with Crippen molar-refractivity contribution in [1.82, 2.24) is 4.90 Å². The molecular weight excluding hydrogens is 392 g/mol. The Kier molecular flexibility index (Phi) is 6.28. The summed E-state index contributed by atoms with van der Waals surface area (Å²) in [5.41, 5.74) is 1.72. The lowest BCUT2D eigenvalue weighted by Gasteiger charge is -2.33. The van der Waals surface area contributed by atoms with E-state index in [9.17, 15) is 4.79 Å². The van der Waals surface area contributed by atoms with Crippen LogP contribution in [0.25, 0.3) is 10.8 Å². The molecule has 1 saturated heterocycles. The van der Waals surface area contributed by atoms with Gasteiger partial charge in [0.1, 0.15) is 29.4 Å². The molecule has 3 aromatic rings. The van der Waals surface area contributed by atoms with Crippen LogP contribution in [-0.2, 0) is 6.54 Å². The third kappa shape index (κ3) is 4.16. The van der Waals surface area contributed by atoms with Gasteiger partial charge in [-0.15, -0.1) is 0 Å². The summed E-state index contributed by atoms with van der Waals surface area (Å²) >= 11 is 0. The standard InChI is InChI=1S/C25H28N2O4/c1-29-21-12-11-18-7-4-5-8-19(18)20(21)17-26-13-15-27(16-14-26)25(28)24-22(30-2)9-6-10-23(24)31-3/h4-12H,13-17H2,1-3H3/p+1. The summed E-state index contributed by atoms with van der Waals surface area (Å²) in [5, 5.41) is 2.45. The molecule has 31 heavy (non-hydrogen) atoms. The molecule has 1 amide bonds. The zero-order chi connectivity index (χ0) is 21.8. The normalized spacial score (nSPS) is 14.5. The van der Waals surface area contributed by atoms with Gasteiger partial charge in [-0.25, -0.2) is 0 Å². The first-order valence-electron chi connectivity index (χ1n) is 10.5. The van der Waals surface area contributed by atoms with Gasteiger partial charge in [-0.05, 0) is 29.0 Å². The smallest absolute Gasteiger partial charge is 0.261 e. The van der Waals surface area contributed by atoms with Crippen LogP contribution in [0.4, 0.5) is 0 Å². The number of nitrogens with zero attached hydrogens (tertiary/aromatic N) is 1. The number of piperazine rings is 1. The first-order chi connectivity index (χ1) is 15.2. The summed E-state index contributed by atoms with van der Waals surface area (Å²) in [6, 6.07) is 18.0. The molecule has 0 saturated carbocycles. The fraction of sp³-hybridized carbons (Fsp3) is 0.320. The maximum Gasteiger partial charge on any atom is 0.261 e. The average Bonchev–Trinajstić information content (AvgIpc) is 2.83. The first-order valence-corrected chi connectivity index (χ1v) is 10.5. The average molecular weight is 422 g/mol. The molecule has 1 aliphatic heterocycles. The minimum Gasteiger partial charge on any atom is -0.496 e. The molecule has 0 radical (unpaired) electrons. The molecule has 4 rings (SSSR count). The van der Waals surface area contributed by atoms with Crippen LogP contribution in [0.15, 0.2) is 54.6 Å². The van der Waals surface area contributed by atoms with Crippen molar-refractivity contribution in [2.45, 2.75) is 6.54 Å². The number of hydrogen-bond donors (Lipinski definition) is 1. The zero-order valence-electron chi connectivity index (χ0n) is 18.3. The highest BCUT2D eigenvalue weighted by Crippen LogP contribution is 2.30. The Morgan fingerprint density at radius 1 is 0.839 bits per heavy atom. The quantitative estimate of drug-likeness (QED) is 0.664. The van der Waals surface area contributed by atoms with Crippen LogP contribution in [0.3, 0.4) is 0 Å². The topological polar surface area (TPSA) is 52.4 Å². The second kappa shape index (κ2) is 9.27. The van der Waals surface area contributed by atoms with Crippen molar-refractivity contribution in [1.29, 1.82) is 0 Å². The number of methoxy groups -OCH3 is 3. The van der Waals surface area contributed by atoms with Gasteiger partial charge < -0.3 is 24.0 Å². The second-order valence-corrected chi connectivity index (χ2v) is 7.72. The van der Waals surface area contributed by atoms with Crippen molar-refractivity contribution in [2.75, 3.05) is 47.5 Å². The molecule has 0 bridgehead atoms. The van der Waals surface area contributed by atoms with Crippen molar-refractivity contribution in [3.8, 4) is 17.2 Å². The van der Waals surface area contributed by atoms with Gasteiger partial charge >= 0.3 is 0 Å². The predicted molar refractivity (Wildman–Crippen MR) is 120 cm³/mol. The summed E-state index contributed by atoms with van der Waals surface area (Å²) in [6.07, 6.45) is 0. The Hall–Kier alpha value is -3.25. The molecule has 6 heteroatoms. The highest BCUT2D eigenvalue weighted by molar-refractivity contribution is 5.99. The molecule has 1 aliphatic rings. The van der Waals surface area contributed by atoms with E-state index < -0.39 is 0 Å². The summed E-state index contributed by atoms with van der Waals surface area (Å²) in [4.78, 5) is 16.6. The van der Waals surface area contributed by atoms with Crippen molar-refractivity contribution < 1.29 is 23.9 Å². The number of quaternary nitrogens is 1. The number of nitrogens with one attached hydrogen (secondary N) is 1. The molecule has 162 valence electrons. The first kappa shape index (κ1) is 21.0. The molecule has 0 unspecified atom stereocenters. The number of amides is 1. The van der Waals surface area contributed by atoms with Gasteiger partial charge in [0.05, 0.1) is 53.1 Å². The molecule has 1 heterocycles. The van der Waals surface area contributed by atoms with Crippen LogP contribution in [0.1, 0.15) is 15.9 Å². The summed E-state index contributed by atoms with van der Waals surface area (Å²) < 4.78 is 16.5. The van der Waals surface area contributed by atoms with Crippen LogP contribution in [0.5, 0.6) is 17.2 Å². The minimum atomic E-state index is -0.0453. The number of carbonyl (C=O) groups is 1. The van der Waals surface area contributed by atoms with Crippen molar-refractivity contribution in [3.63, 3.8) is 0 Å². The van der Waals surface area contributed by atoms with E-state index in [-0.39, 0.29) is 5.91 Å². The monoisotopic (exact) mass is 421 g/mol. The molecule has 6 nitrogen and oxygen atoms in total. The van der Waals surface area contributed by atoms with Crippen molar-refractivity contribution in [2.24, 2.45) is 0 Å². The molecule has 0 spiro atoms. The van der Waals surface area contributed by atoms with Crippen LogP contribution in [0, 0.1) is 0 Å². The summed E-state index contributed by atoms with van der Waals surface area (Å²) in [7, 11) is 4.87. The Morgan fingerprint density at radius 2 is 1.48 bits per heavy atom. The highest BCUT2D eigenvalue weighted by Gasteiger charge is 2.29. The molecule has 3 aromatic carbocycles. The fourth-order valence-corrected chi connectivity index (χ4v) is 4.36. The van der Waals surface area contributed by atoms with Gasteiger partial charge in [0.25, 0.3) is 5.91 Å². The Morgan fingerprint density at radius 3 is 2.13 bits per heavy atom. The summed E-state index contributed by atoms with van der Waals surface area (Å²) in [5.74, 6) is 1.96. The minimum absolute atomic E-state index is 0.0453. The van der Waals surface area contributed by atoms with Gasteiger partial charge in [-0.2, -0.15) is 0 Å². The Bertz CT molecular complexity index is 1050. The third-order valence-corrected chi connectivity index (χ3v) is 6.04. The maximum absolute atomic E-state index is 13.2. The lowest BCUT2D eigenvalue weighted by molar-refractivity contribution is -0.917. The van der Waals surface area contributed by atoms with Gasteiger partial charge in [-0.1, -0.05) is 36.4 Å². The van der Waals surface area contributed by atoms with Crippen LogP contribution in [0.2, 0.25) is 0 Å². The largest absolute Gasteiger partial charge is 0.496 e. The Balaban J connectivity index is 1.49. The van der Waals surface area contributed by atoms with Crippen molar-refractivity contribution >= 4 is 16.7 Å². The van der Waals surface area contributed by atoms with Gasteiger partial charge in [0, 0.05) is 0 Å². The van der Waals surface area contributed by atoms with Crippen LogP contribution < -0.4 is 19.1 Å². The number of carbonyl (C=O) groups excluding carboxylic acids is 1. The molecule has 0 aliphatic carbocycles. The van der Waals surface area contributed by atoms with E-state index in [0.717, 1.165) is 25.4 Å². The van der Waals surface area contributed by atoms with Gasteiger partial charge in [0.15, 0.2) is 0 Å². The summed E-state index contributed by atoms with van der Waals surface area (Å²) in [6.45, 7) is 3.97. The molecular formula is C25H29N2O4+. The van der Waals surface area contributed by atoms with Crippen LogP contribution >= 0.6 is 0 Å². The maximum atomic E-state index is 13.2. The predicted octanol–water partition coefficient (Wildman–Crippen LogP) is 2.41. The van der Waals surface area contributed by atoms with E-state index in [1.165, 1.54) is 21.2 Å². The van der Waals surface area contributed by atoms with E-state index in [2.05, 4.69) is 30.3 Å². The van der Waals surface area contributed by atoms with Crippen molar-refractivity contribution in [3.05, 3.63) is 65.7 Å². The van der Waals surface area contributed by atoms with E-state index in [0.29, 0.717) is 30.2 Å². The van der Waals surface area contributed by atoms with E-state index >= 15 is 0 Å². The lowest BCUT2D eigenvalue weighted by atomic mass is 10.0. The van der Waals surface area contributed by atoms with E-state index in [1.54, 1.807) is 33.5 Å². The highest BCUT2D eigenvalue weighted by atomic mass is 16.5. The zero-order valence-corrected chi connectivity index (χ0v) is 18.3. The van der Waals surface area contributed by atoms with Crippen LogP contribution in [-0.4, -0.2) is 58.3 Å². The van der Waals surface area contributed by atoms with Gasteiger partial charge in [0.2, 0.25) is 0 Å².